The van der Waals surface area contributed by atoms with E-state index in [0.29, 0.717) is 30.1 Å². The molecular formula is C17H21ClFNO3. The van der Waals surface area contributed by atoms with Crippen molar-refractivity contribution in [1.29, 1.82) is 0 Å². The minimum Gasteiger partial charge on any atom is -0.392 e. The van der Waals surface area contributed by atoms with Gasteiger partial charge < -0.3 is 14.7 Å². The number of amides is 1. The average Bonchev–Trinajstić information content (AvgIpc) is 2.51. The van der Waals surface area contributed by atoms with Gasteiger partial charge in [0, 0.05) is 37.1 Å². The number of methoxy groups -OCH3 is 1. The fourth-order valence-corrected chi connectivity index (χ4v) is 4.13. The zero-order valence-electron chi connectivity index (χ0n) is 13.1. The highest BCUT2D eigenvalue weighted by atomic mass is 35.5. The number of ether oxygens (including phenoxy) is 1. The van der Waals surface area contributed by atoms with Crippen LogP contribution in [0.15, 0.2) is 18.2 Å². The van der Waals surface area contributed by atoms with Crippen LogP contribution in [0.25, 0.3) is 0 Å². The molecule has 1 heterocycles. The highest BCUT2D eigenvalue weighted by Crippen LogP contribution is 2.50. The summed E-state index contributed by atoms with van der Waals surface area (Å²) in [6, 6.07) is 4.18. The molecule has 1 aromatic rings. The zero-order chi connectivity index (χ0) is 16.6. The van der Waals surface area contributed by atoms with E-state index in [2.05, 4.69) is 0 Å². The van der Waals surface area contributed by atoms with Crippen LogP contribution in [0.4, 0.5) is 4.39 Å². The molecule has 2 aliphatic rings. The maximum Gasteiger partial charge on any atom is 0.226 e. The lowest BCUT2D eigenvalue weighted by Crippen LogP contribution is -2.62. The quantitative estimate of drug-likeness (QED) is 0.918. The standard InChI is InChI=1S/C17H21ClFNO3/c1-23-15-10-14(21)17(15)2-4-20(5-3-17)16(22)8-11-6-12(18)9-13(19)7-11/h6-7,9,14-15,21H,2-5,8,10H2,1H3/t14-,15+/m0/s1. The summed E-state index contributed by atoms with van der Waals surface area (Å²) in [6.45, 7) is 1.19. The van der Waals surface area contributed by atoms with E-state index in [1.165, 1.54) is 12.1 Å². The van der Waals surface area contributed by atoms with Crippen molar-refractivity contribution in [3.8, 4) is 0 Å². The van der Waals surface area contributed by atoms with Crippen LogP contribution in [0.2, 0.25) is 5.02 Å². The first-order chi connectivity index (χ1) is 10.9. The van der Waals surface area contributed by atoms with Crippen LogP contribution in [0.5, 0.6) is 0 Å². The van der Waals surface area contributed by atoms with Crippen LogP contribution in [0.3, 0.4) is 0 Å². The Morgan fingerprint density at radius 2 is 2.13 bits per heavy atom. The molecule has 1 saturated carbocycles. The van der Waals surface area contributed by atoms with Gasteiger partial charge in [-0.2, -0.15) is 0 Å². The average molecular weight is 342 g/mol. The largest absolute Gasteiger partial charge is 0.392 e. The summed E-state index contributed by atoms with van der Waals surface area (Å²) in [5, 5.41) is 10.4. The van der Waals surface area contributed by atoms with Gasteiger partial charge in [0.05, 0.1) is 18.6 Å². The van der Waals surface area contributed by atoms with Gasteiger partial charge in [0.15, 0.2) is 0 Å². The van der Waals surface area contributed by atoms with Crippen molar-refractivity contribution >= 4 is 17.5 Å². The number of halogens is 2. The molecule has 1 aliphatic heterocycles. The number of hydrogen-bond donors (Lipinski definition) is 1. The Morgan fingerprint density at radius 1 is 1.43 bits per heavy atom. The number of aliphatic hydroxyl groups is 1. The summed E-state index contributed by atoms with van der Waals surface area (Å²) in [5.41, 5.74) is 0.381. The van der Waals surface area contributed by atoms with Gasteiger partial charge in [0.2, 0.25) is 5.91 Å². The monoisotopic (exact) mass is 341 g/mol. The smallest absolute Gasteiger partial charge is 0.226 e. The molecule has 6 heteroatoms. The second-order valence-electron chi connectivity index (χ2n) is 6.54. The molecule has 0 unspecified atom stereocenters. The van der Waals surface area contributed by atoms with Crippen molar-refractivity contribution < 1.29 is 19.0 Å². The number of hydrogen-bond acceptors (Lipinski definition) is 3. The molecular weight excluding hydrogens is 321 g/mol. The van der Waals surface area contributed by atoms with Gasteiger partial charge in [0.25, 0.3) is 0 Å². The van der Waals surface area contributed by atoms with E-state index >= 15 is 0 Å². The van der Waals surface area contributed by atoms with Crippen molar-refractivity contribution in [2.75, 3.05) is 20.2 Å². The van der Waals surface area contributed by atoms with Gasteiger partial charge in [-0.15, -0.1) is 0 Å². The van der Waals surface area contributed by atoms with Crippen LogP contribution in [0.1, 0.15) is 24.8 Å². The minimum atomic E-state index is -0.432. The first-order valence-corrected chi connectivity index (χ1v) is 8.26. The second-order valence-corrected chi connectivity index (χ2v) is 6.98. The third kappa shape index (κ3) is 3.10. The van der Waals surface area contributed by atoms with Crippen molar-refractivity contribution in [3.05, 3.63) is 34.6 Å². The van der Waals surface area contributed by atoms with E-state index in [9.17, 15) is 14.3 Å². The zero-order valence-corrected chi connectivity index (χ0v) is 13.9. The van der Waals surface area contributed by atoms with Crippen molar-refractivity contribution in [2.24, 2.45) is 5.41 Å². The normalized spacial score (nSPS) is 26.2. The fourth-order valence-electron chi connectivity index (χ4n) is 3.88. The highest BCUT2D eigenvalue weighted by molar-refractivity contribution is 6.30. The third-order valence-corrected chi connectivity index (χ3v) is 5.57. The van der Waals surface area contributed by atoms with E-state index in [1.807, 2.05) is 0 Å². The summed E-state index contributed by atoms with van der Waals surface area (Å²) in [4.78, 5) is 14.2. The Labute approximate surface area is 140 Å². The first-order valence-electron chi connectivity index (χ1n) is 7.88. The highest BCUT2D eigenvalue weighted by Gasteiger charge is 2.56. The molecule has 1 aliphatic carbocycles. The van der Waals surface area contributed by atoms with Gasteiger partial charge in [-0.05, 0) is 36.6 Å². The van der Waals surface area contributed by atoms with Crippen molar-refractivity contribution in [3.63, 3.8) is 0 Å². The topological polar surface area (TPSA) is 49.8 Å². The molecule has 1 amide bonds. The van der Waals surface area contributed by atoms with Crippen molar-refractivity contribution in [1.82, 2.24) is 4.90 Å². The predicted octanol–water partition coefficient (Wildman–Crippen LogP) is 2.41. The number of piperidine rings is 1. The Morgan fingerprint density at radius 3 is 2.70 bits per heavy atom. The lowest BCUT2D eigenvalue weighted by Gasteiger charge is -2.56. The molecule has 23 heavy (non-hydrogen) atoms. The Balaban J connectivity index is 1.60. The predicted molar refractivity (Wildman–Crippen MR) is 84.8 cm³/mol. The lowest BCUT2D eigenvalue weighted by molar-refractivity contribution is -0.202. The number of rotatable bonds is 3. The molecule has 1 N–H and O–H groups in total. The molecule has 3 rings (SSSR count). The molecule has 2 fully saturated rings. The van der Waals surface area contributed by atoms with E-state index in [1.54, 1.807) is 18.1 Å². The van der Waals surface area contributed by atoms with Crippen LogP contribution >= 0.6 is 11.6 Å². The van der Waals surface area contributed by atoms with Crippen LogP contribution < -0.4 is 0 Å². The van der Waals surface area contributed by atoms with Gasteiger partial charge in [-0.3, -0.25) is 4.79 Å². The maximum absolute atomic E-state index is 13.3. The molecule has 1 aromatic carbocycles. The molecule has 2 atom stereocenters. The van der Waals surface area contributed by atoms with E-state index < -0.39 is 5.82 Å². The molecule has 1 spiro atoms. The Hall–Kier alpha value is -1.17. The molecule has 4 nitrogen and oxygen atoms in total. The molecule has 126 valence electrons. The number of aliphatic hydroxyl groups excluding tert-OH is 1. The fraction of sp³-hybridized carbons (Fsp3) is 0.588. The maximum atomic E-state index is 13.3. The molecule has 0 aromatic heterocycles. The van der Waals surface area contributed by atoms with Gasteiger partial charge in [-0.25, -0.2) is 4.39 Å². The SMILES string of the molecule is CO[C@@H]1C[C@H](O)C12CCN(C(=O)Cc1cc(F)cc(Cl)c1)CC2. The number of benzene rings is 1. The summed E-state index contributed by atoms with van der Waals surface area (Å²) >= 11 is 5.82. The van der Waals surface area contributed by atoms with E-state index in [0.717, 1.165) is 12.8 Å². The van der Waals surface area contributed by atoms with Gasteiger partial charge in [0.1, 0.15) is 5.82 Å². The minimum absolute atomic E-state index is 0.0377. The summed E-state index contributed by atoms with van der Waals surface area (Å²) in [6.07, 6.45) is 2.03. The van der Waals surface area contributed by atoms with E-state index in [-0.39, 0.29) is 30.0 Å². The number of likely N-dealkylation sites (tertiary alicyclic amines) is 1. The molecule has 0 radical (unpaired) electrons. The number of nitrogens with zero attached hydrogens (tertiary/aromatic N) is 1. The second kappa shape index (κ2) is 6.38. The molecule has 0 bridgehead atoms. The molecule has 1 saturated heterocycles. The lowest BCUT2D eigenvalue weighted by atomic mass is 9.58. The number of carbonyl (C=O) groups excluding carboxylic acids is 1. The number of carbonyl (C=O) groups is 1. The summed E-state index contributed by atoms with van der Waals surface area (Å²) < 4.78 is 18.8. The first kappa shape index (κ1) is 16.7. The van der Waals surface area contributed by atoms with E-state index in [4.69, 9.17) is 16.3 Å². The van der Waals surface area contributed by atoms with Crippen LogP contribution in [-0.4, -0.2) is 48.3 Å². The third-order valence-electron chi connectivity index (χ3n) is 5.35. The summed E-state index contributed by atoms with van der Waals surface area (Å²) in [7, 11) is 1.67. The Bertz CT molecular complexity index is 581. The van der Waals surface area contributed by atoms with Crippen LogP contribution in [0, 0.1) is 11.2 Å². The Kier molecular flexibility index (Phi) is 4.63. The van der Waals surface area contributed by atoms with Gasteiger partial charge >= 0.3 is 0 Å². The summed E-state index contributed by atoms with van der Waals surface area (Å²) in [5.74, 6) is -0.470. The van der Waals surface area contributed by atoms with Crippen molar-refractivity contribution in [2.45, 2.75) is 37.9 Å². The van der Waals surface area contributed by atoms with Gasteiger partial charge in [-0.1, -0.05) is 11.6 Å². The van der Waals surface area contributed by atoms with Crippen LogP contribution in [-0.2, 0) is 16.0 Å².